The number of unbranched alkanes of at least 4 members (excludes halogenated alkanes) is 1. The highest BCUT2D eigenvalue weighted by molar-refractivity contribution is 5.09. The molecule has 0 unspecified atom stereocenters. The van der Waals surface area contributed by atoms with Gasteiger partial charge in [0.25, 0.3) is 0 Å². The molecule has 0 aliphatic carbocycles. The molecule has 3 nitrogen and oxygen atoms in total. The van der Waals surface area contributed by atoms with Gasteiger partial charge in [0.05, 0.1) is 0 Å². The Kier molecular flexibility index (Phi) is 5.43. The molecule has 15 heavy (non-hydrogen) atoms. The molecule has 1 rings (SSSR count). The lowest BCUT2D eigenvalue weighted by molar-refractivity contribution is 0.391. The van der Waals surface area contributed by atoms with Crippen LogP contribution in [0.25, 0.3) is 0 Å². The summed E-state index contributed by atoms with van der Waals surface area (Å²) in [4.78, 5) is 2.23. The van der Waals surface area contributed by atoms with E-state index in [1.807, 2.05) is 0 Å². The van der Waals surface area contributed by atoms with Gasteiger partial charge in [-0.3, -0.25) is 0 Å². The first kappa shape index (κ1) is 12.3. The first-order chi connectivity index (χ1) is 7.18. The number of hydrogen-bond acceptors (Lipinski definition) is 2. The number of aryl methyl sites for hydroxylation is 1. The fourth-order valence-electron chi connectivity index (χ4n) is 1.58. The fourth-order valence-corrected chi connectivity index (χ4v) is 1.58. The molecule has 0 saturated carbocycles. The molecule has 0 amide bonds. The summed E-state index contributed by atoms with van der Waals surface area (Å²) in [5.41, 5.74) is 1.37. The minimum absolute atomic E-state index is 0.989. The Morgan fingerprint density at radius 2 is 2.13 bits per heavy atom. The highest BCUT2D eigenvalue weighted by Gasteiger charge is 1.94. The van der Waals surface area contributed by atoms with Gasteiger partial charge < -0.3 is 14.8 Å². The molecule has 1 N–H and O–H groups in total. The maximum absolute atomic E-state index is 3.46. The van der Waals surface area contributed by atoms with Gasteiger partial charge in [-0.2, -0.15) is 0 Å². The molecule has 0 spiro atoms. The van der Waals surface area contributed by atoms with Crippen LogP contribution < -0.4 is 5.32 Å². The van der Waals surface area contributed by atoms with Crippen LogP contribution in [0.4, 0.5) is 0 Å². The largest absolute Gasteiger partial charge is 0.357 e. The van der Waals surface area contributed by atoms with Crippen LogP contribution >= 0.6 is 0 Å². The van der Waals surface area contributed by atoms with Crippen LogP contribution in [0.2, 0.25) is 0 Å². The summed E-state index contributed by atoms with van der Waals surface area (Å²) in [5, 5.41) is 3.46. The van der Waals surface area contributed by atoms with Gasteiger partial charge >= 0.3 is 0 Å². The summed E-state index contributed by atoms with van der Waals surface area (Å²) in [6, 6.07) is 2.16. The Balaban J connectivity index is 1.98. The summed E-state index contributed by atoms with van der Waals surface area (Å²) >= 11 is 0. The monoisotopic (exact) mass is 209 g/mol. The third-order valence-corrected chi connectivity index (χ3v) is 2.43. The van der Waals surface area contributed by atoms with Crippen molar-refractivity contribution in [3.63, 3.8) is 0 Å². The molecule has 1 heterocycles. The Bertz CT molecular complexity index is 266. The van der Waals surface area contributed by atoms with E-state index in [9.17, 15) is 0 Å². The van der Waals surface area contributed by atoms with E-state index in [4.69, 9.17) is 0 Å². The van der Waals surface area contributed by atoms with Crippen LogP contribution in [-0.2, 0) is 13.6 Å². The lowest BCUT2D eigenvalue weighted by atomic mass is 10.3. The Labute approximate surface area is 93.1 Å². The van der Waals surface area contributed by atoms with Crippen molar-refractivity contribution in [1.29, 1.82) is 0 Å². The van der Waals surface area contributed by atoms with Crippen LogP contribution in [0.15, 0.2) is 18.5 Å². The summed E-state index contributed by atoms with van der Waals surface area (Å²) in [6.07, 6.45) is 6.77. The second kappa shape index (κ2) is 6.64. The van der Waals surface area contributed by atoms with E-state index in [2.05, 4.69) is 54.4 Å². The van der Waals surface area contributed by atoms with Gasteiger partial charge in [-0.1, -0.05) is 0 Å². The first-order valence-corrected chi connectivity index (χ1v) is 5.65. The first-order valence-electron chi connectivity index (χ1n) is 5.65. The summed E-state index contributed by atoms with van der Waals surface area (Å²) in [5.74, 6) is 0. The third kappa shape index (κ3) is 5.60. The van der Waals surface area contributed by atoms with Crippen LogP contribution in [0, 0.1) is 0 Å². The number of nitrogens with zero attached hydrogens (tertiary/aromatic N) is 2. The SMILES string of the molecule is CN(C)CCCCNCc1ccn(C)c1. The molecular formula is C12H23N3. The zero-order chi connectivity index (χ0) is 11.1. The second-order valence-electron chi connectivity index (χ2n) is 4.37. The Morgan fingerprint density at radius 3 is 2.73 bits per heavy atom. The fraction of sp³-hybridized carbons (Fsp3) is 0.667. The molecule has 0 bridgehead atoms. The highest BCUT2D eigenvalue weighted by Crippen LogP contribution is 1.98. The van der Waals surface area contributed by atoms with Crippen molar-refractivity contribution in [2.75, 3.05) is 27.2 Å². The normalized spacial score (nSPS) is 11.2. The second-order valence-corrected chi connectivity index (χ2v) is 4.37. The van der Waals surface area contributed by atoms with Gasteiger partial charge in [0.1, 0.15) is 0 Å². The topological polar surface area (TPSA) is 20.2 Å². The van der Waals surface area contributed by atoms with E-state index in [0.717, 1.165) is 13.1 Å². The van der Waals surface area contributed by atoms with E-state index in [-0.39, 0.29) is 0 Å². The number of nitrogens with one attached hydrogen (secondary N) is 1. The quantitative estimate of drug-likeness (QED) is 0.686. The predicted molar refractivity (Wildman–Crippen MR) is 64.9 cm³/mol. The predicted octanol–water partition coefficient (Wildman–Crippen LogP) is 1.46. The van der Waals surface area contributed by atoms with Crippen molar-refractivity contribution in [1.82, 2.24) is 14.8 Å². The van der Waals surface area contributed by atoms with Crippen molar-refractivity contribution < 1.29 is 0 Å². The molecule has 0 aliphatic heterocycles. The summed E-state index contributed by atoms with van der Waals surface area (Å²) in [6.45, 7) is 3.29. The smallest absolute Gasteiger partial charge is 0.0220 e. The van der Waals surface area contributed by atoms with Gasteiger partial charge in [0.15, 0.2) is 0 Å². The molecule has 0 radical (unpaired) electrons. The molecule has 0 aromatic carbocycles. The zero-order valence-electron chi connectivity index (χ0n) is 10.2. The van der Waals surface area contributed by atoms with Crippen LogP contribution in [0.3, 0.4) is 0 Å². The van der Waals surface area contributed by atoms with E-state index >= 15 is 0 Å². The Hall–Kier alpha value is -0.800. The number of hydrogen-bond donors (Lipinski definition) is 1. The maximum atomic E-state index is 3.46. The van der Waals surface area contributed by atoms with Crippen LogP contribution in [0.5, 0.6) is 0 Å². The number of aromatic nitrogens is 1. The lowest BCUT2D eigenvalue weighted by Crippen LogP contribution is -2.17. The number of rotatable bonds is 7. The molecule has 0 saturated heterocycles. The molecule has 1 aromatic rings. The van der Waals surface area contributed by atoms with Crippen molar-refractivity contribution in [2.24, 2.45) is 7.05 Å². The molecule has 0 atom stereocenters. The minimum atomic E-state index is 0.989. The summed E-state index contributed by atoms with van der Waals surface area (Å²) < 4.78 is 2.09. The standard InChI is InChI=1S/C12H23N3/c1-14(2)8-5-4-7-13-10-12-6-9-15(3)11-12/h6,9,11,13H,4-5,7-8,10H2,1-3H3. The molecular weight excluding hydrogens is 186 g/mol. The molecule has 0 fully saturated rings. The highest BCUT2D eigenvalue weighted by atomic mass is 15.0. The van der Waals surface area contributed by atoms with E-state index in [0.29, 0.717) is 0 Å². The van der Waals surface area contributed by atoms with E-state index < -0.39 is 0 Å². The Morgan fingerprint density at radius 1 is 1.33 bits per heavy atom. The van der Waals surface area contributed by atoms with Gasteiger partial charge in [0, 0.05) is 26.0 Å². The zero-order valence-corrected chi connectivity index (χ0v) is 10.2. The lowest BCUT2D eigenvalue weighted by Gasteiger charge is -2.08. The van der Waals surface area contributed by atoms with Gasteiger partial charge in [-0.25, -0.2) is 0 Å². The van der Waals surface area contributed by atoms with Crippen molar-refractivity contribution >= 4 is 0 Å². The third-order valence-electron chi connectivity index (χ3n) is 2.43. The van der Waals surface area contributed by atoms with Gasteiger partial charge in [0.2, 0.25) is 0 Å². The van der Waals surface area contributed by atoms with Gasteiger partial charge in [-0.15, -0.1) is 0 Å². The average Bonchev–Trinajstić information content (AvgIpc) is 2.57. The van der Waals surface area contributed by atoms with Crippen molar-refractivity contribution in [3.8, 4) is 0 Å². The average molecular weight is 209 g/mol. The van der Waals surface area contributed by atoms with Crippen molar-refractivity contribution in [3.05, 3.63) is 24.0 Å². The van der Waals surface area contributed by atoms with Crippen molar-refractivity contribution in [2.45, 2.75) is 19.4 Å². The van der Waals surface area contributed by atoms with Gasteiger partial charge in [-0.05, 0) is 51.7 Å². The molecule has 86 valence electrons. The minimum Gasteiger partial charge on any atom is -0.357 e. The molecule has 0 aliphatic rings. The maximum Gasteiger partial charge on any atom is 0.0220 e. The van der Waals surface area contributed by atoms with Crippen LogP contribution in [0.1, 0.15) is 18.4 Å². The van der Waals surface area contributed by atoms with E-state index in [1.54, 1.807) is 0 Å². The summed E-state index contributed by atoms with van der Waals surface area (Å²) in [7, 11) is 6.30. The van der Waals surface area contributed by atoms with E-state index in [1.165, 1.54) is 24.9 Å². The molecule has 3 heteroatoms. The molecule has 1 aromatic heterocycles. The van der Waals surface area contributed by atoms with Crippen LogP contribution in [-0.4, -0.2) is 36.7 Å².